The van der Waals surface area contributed by atoms with E-state index in [1.165, 1.54) is 12.1 Å². The lowest BCUT2D eigenvalue weighted by Crippen LogP contribution is -2.48. The van der Waals surface area contributed by atoms with E-state index in [0.717, 1.165) is 22.5 Å². The zero-order valence-corrected chi connectivity index (χ0v) is 19.7. The first-order valence-corrected chi connectivity index (χ1v) is 12.1. The molecule has 1 aromatic heterocycles. The minimum Gasteiger partial charge on any atom is -0.481 e. The van der Waals surface area contributed by atoms with Crippen molar-refractivity contribution in [2.45, 2.75) is 31.6 Å². The molecule has 0 unspecified atom stereocenters. The molecule has 1 aliphatic rings. The van der Waals surface area contributed by atoms with Crippen molar-refractivity contribution in [2.24, 2.45) is 0 Å². The van der Waals surface area contributed by atoms with Crippen LogP contribution in [0.25, 0.3) is 22.3 Å². The van der Waals surface area contributed by atoms with Gasteiger partial charge in [0.25, 0.3) is 5.91 Å². The first kappa shape index (κ1) is 23.6. The van der Waals surface area contributed by atoms with Gasteiger partial charge in [-0.05, 0) is 55.2 Å². The summed E-state index contributed by atoms with van der Waals surface area (Å²) in [6.07, 6.45) is 1.95. The van der Waals surface area contributed by atoms with Gasteiger partial charge in [-0.25, -0.2) is 14.4 Å². The standard InChI is InChI=1S/C29H26FN3O3/c30-23-10-6-9-20(15-23)22-17-33(18-22)29(36)21-13-14-24-26(16-21)31-25(11-4-5-12-27(34)35)28(32-24)19-7-2-1-3-8-19/h1-3,6-10,13-16,22H,4-5,11-12,17-18H2,(H,34,35). The monoisotopic (exact) mass is 483 g/mol. The molecule has 0 saturated carbocycles. The summed E-state index contributed by atoms with van der Waals surface area (Å²) in [5, 5.41) is 8.95. The molecule has 1 amide bonds. The second kappa shape index (κ2) is 10.2. The minimum atomic E-state index is -0.809. The molecule has 6 nitrogen and oxygen atoms in total. The maximum Gasteiger partial charge on any atom is 0.303 e. The Balaban J connectivity index is 1.38. The average Bonchev–Trinajstić information content (AvgIpc) is 2.85. The molecular weight excluding hydrogens is 457 g/mol. The Labute approximate surface area is 208 Å². The highest BCUT2D eigenvalue weighted by Gasteiger charge is 2.32. The zero-order chi connectivity index (χ0) is 25.1. The molecule has 3 aromatic carbocycles. The highest BCUT2D eigenvalue weighted by molar-refractivity contribution is 5.98. The number of nitrogens with zero attached hydrogens (tertiary/aromatic N) is 3. The van der Waals surface area contributed by atoms with Gasteiger partial charge in [-0.15, -0.1) is 0 Å². The van der Waals surface area contributed by atoms with Crippen LogP contribution in [0.5, 0.6) is 0 Å². The largest absolute Gasteiger partial charge is 0.481 e. The van der Waals surface area contributed by atoms with Gasteiger partial charge in [-0.1, -0.05) is 42.5 Å². The van der Waals surface area contributed by atoms with Crippen molar-refractivity contribution in [3.05, 3.63) is 95.4 Å². The number of unbranched alkanes of at least 4 members (excludes halogenated alkanes) is 1. The summed E-state index contributed by atoms with van der Waals surface area (Å²) < 4.78 is 13.5. The molecule has 1 saturated heterocycles. The van der Waals surface area contributed by atoms with Crippen molar-refractivity contribution >= 4 is 22.9 Å². The lowest BCUT2D eigenvalue weighted by atomic mass is 9.91. The van der Waals surface area contributed by atoms with E-state index in [9.17, 15) is 14.0 Å². The number of fused-ring (bicyclic) bond motifs is 1. The molecule has 0 atom stereocenters. The van der Waals surface area contributed by atoms with Crippen molar-refractivity contribution in [2.75, 3.05) is 13.1 Å². The maximum absolute atomic E-state index is 13.5. The van der Waals surface area contributed by atoms with Gasteiger partial charge in [-0.2, -0.15) is 0 Å². The maximum atomic E-state index is 13.5. The first-order valence-electron chi connectivity index (χ1n) is 12.1. The smallest absolute Gasteiger partial charge is 0.303 e. The molecule has 1 fully saturated rings. The van der Waals surface area contributed by atoms with E-state index >= 15 is 0 Å². The van der Waals surface area contributed by atoms with Crippen molar-refractivity contribution in [3.63, 3.8) is 0 Å². The number of amides is 1. The Morgan fingerprint density at radius 1 is 0.917 bits per heavy atom. The molecule has 7 heteroatoms. The molecule has 1 aliphatic heterocycles. The number of aryl methyl sites for hydroxylation is 1. The van der Waals surface area contributed by atoms with Gasteiger partial charge in [0, 0.05) is 36.6 Å². The summed E-state index contributed by atoms with van der Waals surface area (Å²) in [4.78, 5) is 35.5. The second-order valence-corrected chi connectivity index (χ2v) is 9.15. The number of carbonyl (C=O) groups is 2. The molecule has 2 heterocycles. The lowest BCUT2D eigenvalue weighted by molar-refractivity contribution is -0.137. The van der Waals surface area contributed by atoms with E-state index in [1.807, 2.05) is 42.5 Å². The third kappa shape index (κ3) is 5.10. The zero-order valence-electron chi connectivity index (χ0n) is 19.7. The number of benzene rings is 3. The average molecular weight is 484 g/mol. The third-order valence-electron chi connectivity index (χ3n) is 6.57. The van der Waals surface area contributed by atoms with Gasteiger partial charge in [0.1, 0.15) is 5.82 Å². The number of hydrogen-bond donors (Lipinski definition) is 1. The Bertz CT molecular complexity index is 1420. The number of aromatic nitrogens is 2. The van der Waals surface area contributed by atoms with Crippen LogP contribution >= 0.6 is 0 Å². The van der Waals surface area contributed by atoms with Gasteiger partial charge in [0.15, 0.2) is 0 Å². The Morgan fingerprint density at radius 3 is 2.47 bits per heavy atom. The molecular formula is C29H26FN3O3. The highest BCUT2D eigenvalue weighted by atomic mass is 19.1. The lowest BCUT2D eigenvalue weighted by Gasteiger charge is -2.39. The van der Waals surface area contributed by atoms with Crippen LogP contribution in [0, 0.1) is 5.82 Å². The number of carboxylic acid groups (broad SMARTS) is 1. The molecule has 182 valence electrons. The summed E-state index contributed by atoms with van der Waals surface area (Å²) in [7, 11) is 0. The van der Waals surface area contributed by atoms with Crippen LogP contribution in [0.15, 0.2) is 72.8 Å². The van der Waals surface area contributed by atoms with Crippen molar-refractivity contribution in [1.29, 1.82) is 0 Å². The number of aliphatic carboxylic acids is 1. The van der Waals surface area contributed by atoms with E-state index in [1.54, 1.807) is 23.1 Å². The fourth-order valence-electron chi connectivity index (χ4n) is 4.59. The summed E-state index contributed by atoms with van der Waals surface area (Å²) in [5.74, 6) is -1.02. The van der Waals surface area contributed by atoms with E-state index in [4.69, 9.17) is 15.1 Å². The van der Waals surface area contributed by atoms with Gasteiger partial charge in [0.2, 0.25) is 0 Å². The predicted octanol–water partition coefficient (Wildman–Crippen LogP) is 5.47. The molecule has 1 N–H and O–H groups in total. The molecule has 36 heavy (non-hydrogen) atoms. The van der Waals surface area contributed by atoms with Crippen LogP contribution in [0.1, 0.15) is 46.8 Å². The fourth-order valence-corrected chi connectivity index (χ4v) is 4.59. The summed E-state index contributed by atoms with van der Waals surface area (Å²) in [6, 6.07) is 21.7. The van der Waals surface area contributed by atoms with Gasteiger partial charge >= 0.3 is 5.97 Å². The molecule has 0 bridgehead atoms. The summed E-state index contributed by atoms with van der Waals surface area (Å²) in [5.41, 5.74) is 5.29. The molecule has 4 aromatic rings. The Hall–Kier alpha value is -4.13. The number of halogens is 1. The van der Waals surface area contributed by atoms with Gasteiger partial charge in [0.05, 0.1) is 22.4 Å². The van der Waals surface area contributed by atoms with Gasteiger partial charge in [-0.3, -0.25) is 9.59 Å². The fraction of sp³-hybridized carbons (Fsp3) is 0.241. The number of likely N-dealkylation sites (tertiary alicyclic amines) is 1. The first-order chi connectivity index (χ1) is 17.5. The quantitative estimate of drug-likeness (QED) is 0.336. The molecule has 0 spiro atoms. The summed E-state index contributed by atoms with van der Waals surface area (Å²) in [6.45, 7) is 1.10. The third-order valence-corrected chi connectivity index (χ3v) is 6.57. The number of rotatable bonds is 8. The Kier molecular flexibility index (Phi) is 6.71. The highest BCUT2D eigenvalue weighted by Crippen LogP contribution is 2.30. The minimum absolute atomic E-state index is 0.0819. The van der Waals surface area contributed by atoms with Crippen LogP contribution in [0.2, 0.25) is 0 Å². The summed E-state index contributed by atoms with van der Waals surface area (Å²) >= 11 is 0. The number of carbonyl (C=O) groups excluding carboxylic acids is 1. The van der Waals surface area contributed by atoms with Gasteiger partial charge < -0.3 is 10.0 Å². The van der Waals surface area contributed by atoms with Crippen LogP contribution in [-0.4, -0.2) is 44.9 Å². The molecule has 0 aliphatic carbocycles. The van der Waals surface area contributed by atoms with E-state index < -0.39 is 5.97 Å². The predicted molar refractivity (Wildman–Crippen MR) is 135 cm³/mol. The van der Waals surface area contributed by atoms with Crippen molar-refractivity contribution in [3.8, 4) is 11.3 Å². The molecule has 0 radical (unpaired) electrons. The van der Waals surface area contributed by atoms with Crippen LogP contribution in [0.4, 0.5) is 4.39 Å². The van der Waals surface area contributed by atoms with Crippen molar-refractivity contribution in [1.82, 2.24) is 14.9 Å². The van der Waals surface area contributed by atoms with Crippen LogP contribution in [-0.2, 0) is 11.2 Å². The van der Waals surface area contributed by atoms with E-state index in [0.29, 0.717) is 48.9 Å². The number of carboxylic acids is 1. The number of hydrogen-bond acceptors (Lipinski definition) is 4. The van der Waals surface area contributed by atoms with Crippen LogP contribution in [0.3, 0.4) is 0 Å². The Morgan fingerprint density at radius 2 is 1.72 bits per heavy atom. The van der Waals surface area contributed by atoms with Crippen molar-refractivity contribution < 1.29 is 19.1 Å². The topological polar surface area (TPSA) is 83.4 Å². The SMILES string of the molecule is O=C(O)CCCCc1nc2cc(C(=O)N3CC(c4cccc(F)c4)C3)ccc2nc1-c1ccccc1. The van der Waals surface area contributed by atoms with Crippen LogP contribution < -0.4 is 0 Å². The molecule has 5 rings (SSSR count). The van der Waals surface area contributed by atoms with E-state index in [2.05, 4.69) is 0 Å². The second-order valence-electron chi connectivity index (χ2n) is 9.15. The normalized spacial score (nSPS) is 13.5. The van der Waals surface area contributed by atoms with E-state index in [-0.39, 0.29) is 24.1 Å².